The Morgan fingerprint density at radius 1 is 1.27 bits per heavy atom. The van der Waals surface area contributed by atoms with Crippen LogP contribution in [0.3, 0.4) is 0 Å². The molecule has 2 N–H and O–H groups in total. The van der Waals surface area contributed by atoms with Crippen LogP contribution in [0.15, 0.2) is 42.5 Å². The maximum atomic E-state index is 12.4. The first-order valence-electron chi connectivity index (χ1n) is 7.35. The summed E-state index contributed by atoms with van der Waals surface area (Å²) in [6.07, 6.45) is -4.51. The SMILES string of the molecule is N#Cc1cc(NC(=O)c2n[nH]c3ccccc23)ccc1OCC(F)(F)F. The molecule has 6 nitrogen and oxygen atoms in total. The van der Waals surface area contributed by atoms with E-state index in [0.717, 1.165) is 0 Å². The van der Waals surface area contributed by atoms with Gasteiger partial charge in [-0.1, -0.05) is 18.2 Å². The summed E-state index contributed by atoms with van der Waals surface area (Å²) >= 11 is 0. The normalized spacial score (nSPS) is 11.2. The summed E-state index contributed by atoms with van der Waals surface area (Å²) in [4.78, 5) is 12.4. The average Bonchev–Trinajstić information content (AvgIpc) is 3.04. The first-order valence-corrected chi connectivity index (χ1v) is 7.35. The number of nitrogens with zero attached hydrogens (tertiary/aromatic N) is 2. The lowest BCUT2D eigenvalue weighted by molar-refractivity contribution is -0.153. The number of amides is 1. The Kier molecular flexibility index (Phi) is 4.49. The van der Waals surface area contributed by atoms with Crippen molar-refractivity contribution in [1.29, 1.82) is 5.26 Å². The minimum atomic E-state index is -4.51. The number of hydrogen-bond acceptors (Lipinski definition) is 4. The van der Waals surface area contributed by atoms with Crippen molar-refractivity contribution >= 4 is 22.5 Å². The van der Waals surface area contributed by atoms with E-state index in [4.69, 9.17) is 5.26 Å². The third-order valence-electron chi connectivity index (χ3n) is 3.43. The third-order valence-corrected chi connectivity index (χ3v) is 3.43. The molecule has 1 heterocycles. The molecule has 0 radical (unpaired) electrons. The van der Waals surface area contributed by atoms with Crippen LogP contribution in [-0.2, 0) is 0 Å². The van der Waals surface area contributed by atoms with Gasteiger partial charge in [0.25, 0.3) is 5.91 Å². The molecule has 0 bridgehead atoms. The number of aromatic amines is 1. The van der Waals surface area contributed by atoms with Gasteiger partial charge in [-0.2, -0.15) is 23.5 Å². The van der Waals surface area contributed by atoms with Gasteiger partial charge < -0.3 is 10.1 Å². The van der Waals surface area contributed by atoms with Crippen LogP contribution in [-0.4, -0.2) is 28.9 Å². The maximum absolute atomic E-state index is 12.4. The fraction of sp³-hybridized carbons (Fsp3) is 0.118. The summed E-state index contributed by atoms with van der Waals surface area (Å²) in [6.45, 7) is -1.51. The Labute approximate surface area is 145 Å². The van der Waals surface area contributed by atoms with Crippen LogP contribution in [0.5, 0.6) is 5.75 Å². The highest BCUT2D eigenvalue weighted by atomic mass is 19.4. The van der Waals surface area contributed by atoms with Crippen LogP contribution in [0.1, 0.15) is 16.1 Å². The van der Waals surface area contributed by atoms with Crippen LogP contribution in [0.25, 0.3) is 10.9 Å². The number of carbonyl (C=O) groups excluding carboxylic acids is 1. The predicted molar refractivity (Wildman–Crippen MR) is 86.8 cm³/mol. The van der Waals surface area contributed by atoms with Crippen molar-refractivity contribution in [3.8, 4) is 11.8 Å². The summed E-state index contributed by atoms with van der Waals surface area (Å²) in [7, 11) is 0. The first-order chi connectivity index (χ1) is 12.4. The van der Waals surface area contributed by atoms with E-state index in [1.807, 2.05) is 0 Å². The summed E-state index contributed by atoms with van der Waals surface area (Å²) in [5.74, 6) is -0.733. The predicted octanol–water partition coefficient (Wildman–Crippen LogP) is 3.63. The lowest BCUT2D eigenvalue weighted by Crippen LogP contribution is -2.19. The molecule has 0 atom stereocenters. The van der Waals surface area contributed by atoms with Crippen LogP contribution < -0.4 is 10.1 Å². The number of halogens is 3. The number of rotatable bonds is 4. The highest BCUT2D eigenvalue weighted by molar-refractivity contribution is 6.11. The summed E-state index contributed by atoms with van der Waals surface area (Å²) in [5.41, 5.74) is 0.958. The van der Waals surface area contributed by atoms with Gasteiger partial charge in [-0.3, -0.25) is 9.89 Å². The molecule has 0 aliphatic rings. The first kappa shape index (κ1) is 17.3. The van der Waals surface area contributed by atoms with Gasteiger partial charge in [-0.15, -0.1) is 0 Å². The molecule has 2 aromatic carbocycles. The highest BCUT2D eigenvalue weighted by Crippen LogP contribution is 2.25. The van der Waals surface area contributed by atoms with E-state index >= 15 is 0 Å². The number of aromatic nitrogens is 2. The average molecular weight is 360 g/mol. The summed E-state index contributed by atoms with van der Waals surface area (Å²) < 4.78 is 41.3. The fourth-order valence-corrected chi connectivity index (χ4v) is 2.31. The number of hydrogen-bond donors (Lipinski definition) is 2. The van der Waals surface area contributed by atoms with Crippen molar-refractivity contribution in [3.05, 3.63) is 53.7 Å². The number of alkyl halides is 3. The number of anilines is 1. The summed E-state index contributed by atoms with van der Waals surface area (Å²) in [6, 6.07) is 12.6. The second-order valence-electron chi connectivity index (χ2n) is 5.30. The molecule has 1 amide bonds. The molecule has 0 saturated carbocycles. The zero-order valence-electron chi connectivity index (χ0n) is 13.1. The molecule has 0 saturated heterocycles. The molecular weight excluding hydrogens is 349 g/mol. The fourth-order valence-electron chi connectivity index (χ4n) is 2.31. The Morgan fingerprint density at radius 3 is 2.77 bits per heavy atom. The van der Waals surface area contributed by atoms with Gasteiger partial charge in [-0.05, 0) is 24.3 Å². The van der Waals surface area contributed by atoms with Gasteiger partial charge >= 0.3 is 6.18 Å². The molecule has 0 aliphatic carbocycles. The minimum absolute atomic E-state index is 0.126. The van der Waals surface area contributed by atoms with Gasteiger partial charge in [0.05, 0.1) is 11.1 Å². The molecule has 3 rings (SSSR count). The van der Waals surface area contributed by atoms with Crippen molar-refractivity contribution in [2.24, 2.45) is 0 Å². The monoisotopic (exact) mass is 360 g/mol. The lowest BCUT2D eigenvalue weighted by Gasteiger charge is -2.11. The highest BCUT2D eigenvalue weighted by Gasteiger charge is 2.29. The quantitative estimate of drug-likeness (QED) is 0.743. The van der Waals surface area contributed by atoms with Gasteiger partial charge in [0, 0.05) is 11.1 Å². The molecule has 9 heteroatoms. The van der Waals surface area contributed by atoms with Crippen LogP contribution in [0.2, 0.25) is 0 Å². The Balaban J connectivity index is 1.80. The smallest absolute Gasteiger partial charge is 0.422 e. The molecule has 26 heavy (non-hydrogen) atoms. The van der Waals surface area contributed by atoms with Crippen LogP contribution in [0.4, 0.5) is 18.9 Å². The Morgan fingerprint density at radius 2 is 2.04 bits per heavy atom. The number of benzene rings is 2. The molecule has 0 fully saturated rings. The van der Waals surface area contributed by atoms with Crippen molar-refractivity contribution in [3.63, 3.8) is 0 Å². The standard InChI is InChI=1S/C17H11F3N4O2/c18-17(19,20)9-26-14-6-5-11(7-10(14)8-21)22-16(25)15-12-3-1-2-4-13(12)23-24-15/h1-7H,9H2,(H,22,25)(H,23,24). The van der Waals surface area contributed by atoms with E-state index in [2.05, 4.69) is 20.3 Å². The van der Waals surface area contributed by atoms with Gasteiger partial charge in [0.1, 0.15) is 11.8 Å². The minimum Gasteiger partial charge on any atom is -0.483 e. The Hall–Kier alpha value is -3.54. The lowest BCUT2D eigenvalue weighted by atomic mass is 10.1. The van der Waals surface area contributed by atoms with Crippen LogP contribution >= 0.6 is 0 Å². The zero-order chi connectivity index (χ0) is 18.7. The molecule has 0 spiro atoms. The number of nitrogens with one attached hydrogen (secondary N) is 2. The topological polar surface area (TPSA) is 90.8 Å². The van der Waals surface area contributed by atoms with Gasteiger partial charge in [0.15, 0.2) is 12.3 Å². The number of H-pyrrole nitrogens is 1. The number of ether oxygens (including phenoxy) is 1. The number of nitriles is 1. The summed E-state index contributed by atoms with van der Waals surface area (Å²) in [5, 5.41) is 19.0. The van der Waals surface area contributed by atoms with Gasteiger partial charge in [0.2, 0.25) is 0 Å². The molecule has 132 valence electrons. The van der Waals surface area contributed by atoms with E-state index in [-0.39, 0.29) is 22.7 Å². The molecule has 3 aromatic rings. The van der Waals surface area contributed by atoms with Crippen LogP contribution in [0, 0.1) is 11.3 Å². The number of fused-ring (bicyclic) bond motifs is 1. The van der Waals surface area contributed by atoms with E-state index in [1.165, 1.54) is 18.2 Å². The van der Waals surface area contributed by atoms with Crippen molar-refractivity contribution in [1.82, 2.24) is 10.2 Å². The largest absolute Gasteiger partial charge is 0.483 e. The van der Waals surface area contributed by atoms with Gasteiger partial charge in [-0.25, -0.2) is 0 Å². The van der Waals surface area contributed by atoms with Crippen molar-refractivity contribution in [2.75, 3.05) is 11.9 Å². The molecule has 0 unspecified atom stereocenters. The second kappa shape index (κ2) is 6.76. The zero-order valence-corrected chi connectivity index (χ0v) is 13.1. The third kappa shape index (κ3) is 3.75. The molecule has 1 aromatic heterocycles. The van der Waals surface area contributed by atoms with E-state index < -0.39 is 18.7 Å². The van der Waals surface area contributed by atoms with E-state index in [1.54, 1.807) is 30.3 Å². The Bertz CT molecular complexity index is 1010. The molecule has 0 aliphatic heterocycles. The van der Waals surface area contributed by atoms with Crippen molar-refractivity contribution in [2.45, 2.75) is 6.18 Å². The van der Waals surface area contributed by atoms with E-state index in [0.29, 0.717) is 10.9 Å². The number of carbonyl (C=O) groups is 1. The van der Waals surface area contributed by atoms with Crippen molar-refractivity contribution < 1.29 is 22.7 Å². The number of para-hydroxylation sites is 1. The molecular formula is C17H11F3N4O2. The van der Waals surface area contributed by atoms with E-state index in [9.17, 15) is 18.0 Å². The maximum Gasteiger partial charge on any atom is 0.422 e. The second-order valence-corrected chi connectivity index (χ2v) is 5.30.